The van der Waals surface area contributed by atoms with Crippen LogP contribution < -0.4 is 15.2 Å². The molecule has 2 aliphatic heterocycles. The Morgan fingerprint density at radius 1 is 0.902 bits per heavy atom. The van der Waals surface area contributed by atoms with Crippen molar-refractivity contribution in [3.05, 3.63) is 99.1 Å². The maximum Gasteiger partial charge on any atom is 0.264 e. The summed E-state index contributed by atoms with van der Waals surface area (Å²) in [6.45, 7) is 8.36. The maximum atomic E-state index is 13.1. The number of fused-ring (bicyclic) bond motifs is 1. The highest BCUT2D eigenvalue weighted by Crippen LogP contribution is 2.24. The number of carbonyl (C=O) groups excluding carboxylic acids is 1. The lowest BCUT2D eigenvalue weighted by atomic mass is 10.00. The van der Waals surface area contributed by atoms with Crippen molar-refractivity contribution in [2.75, 3.05) is 31.1 Å². The second-order valence-corrected chi connectivity index (χ2v) is 11.2. The van der Waals surface area contributed by atoms with Gasteiger partial charge in [-0.05, 0) is 82.4 Å². The van der Waals surface area contributed by atoms with Crippen LogP contribution >= 0.6 is 0 Å². The number of nitrogens with zero attached hydrogens (tertiary/aromatic N) is 5. The van der Waals surface area contributed by atoms with Gasteiger partial charge in [0, 0.05) is 42.1 Å². The molecule has 2 aliphatic rings. The Kier molecular flexibility index (Phi) is 7.83. The molecule has 0 radical (unpaired) electrons. The molecule has 2 saturated heterocycles. The van der Waals surface area contributed by atoms with Gasteiger partial charge < -0.3 is 14.5 Å². The SMILES string of the molecule is Cc1c(OCc2ccc(C(=O)c3ccc(N4CCC(N5CCCCC5)CC4)nc3)cc2)nc2cccc(C)n2c1=O. The van der Waals surface area contributed by atoms with E-state index < -0.39 is 0 Å². The van der Waals surface area contributed by atoms with E-state index in [4.69, 9.17) is 4.74 Å². The molecule has 8 nitrogen and oxygen atoms in total. The van der Waals surface area contributed by atoms with E-state index in [2.05, 4.69) is 19.8 Å². The molecule has 2 fully saturated rings. The van der Waals surface area contributed by atoms with Gasteiger partial charge in [-0.2, -0.15) is 4.98 Å². The number of rotatable bonds is 7. The minimum absolute atomic E-state index is 0.0595. The molecule has 6 rings (SSSR count). The number of ether oxygens (including phenoxy) is 1. The van der Waals surface area contributed by atoms with Gasteiger partial charge in [0.1, 0.15) is 18.1 Å². The van der Waals surface area contributed by atoms with Crippen molar-refractivity contribution in [3.63, 3.8) is 0 Å². The number of hydrogen-bond donors (Lipinski definition) is 0. The van der Waals surface area contributed by atoms with E-state index in [-0.39, 0.29) is 17.9 Å². The van der Waals surface area contributed by atoms with Crippen LogP contribution in [0.25, 0.3) is 5.65 Å². The molecule has 0 amide bonds. The molecule has 1 aromatic carbocycles. The lowest BCUT2D eigenvalue weighted by Crippen LogP contribution is -2.46. The number of aromatic nitrogens is 3. The van der Waals surface area contributed by atoms with Crippen LogP contribution in [-0.4, -0.2) is 57.3 Å². The molecule has 0 unspecified atom stereocenters. The zero-order valence-electron chi connectivity index (χ0n) is 23.9. The van der Waals surface area contributed by atoms with E-state index >= 15 is 0 Å². The highest BCUT2D eigenvalue weighted by molar-refractivity contribution is 6.08. The van der Waals surface area contributed by atoms with Gasteiger partial charge in [0.2, 0.25) is 5.88 Å². The molecule has 0 atom stereocenters. The van der Waals surface area contributed by atoms with Crippen molar-refractivity contribution in [3.8, 4) is 5.88 Å². The lowest BCUT2D eigenvalue weighted by molar-refractivity contribution is 0.103. The first-order valence-electron chi connectivity index (χ1n) is 14.7. The lowest BCUT2D eigenvalue weighted by Gasteiger charge is -2.40. The average molecular weight is 552 g/mol. The molecule has 0 spiro atoms. The number of carbonyl (C=O) groups is 1. The standard InChI is InChI=1S/C33H37N5O3/c1-23-7-6-8-30-35-32(24(2)33(40)38(23)30)41-22-25-9-11-26(12-10-25)31(39)27-13-14-29(34-21-27)37-19-15-28(16-20-37)36-17-4-3-5-18-36/h6-14,21,28H,3-5,15-20,22H2,1-2H3. The monoisotopic (exact) mass is 551 g/mol. The van der Waals surface area contributed by atoms with E-state index in [1.165, 1.54) is 45.2 Å². The summed E-state index contributed by atoms with van der Waals surface area (Å²) in [5.74, 6) is 1.21. The Bertz CT molecular complexity index is 1580. The Labute approximate surface area is 240 Å². The summed E-state index contributed by atoms with van der Waals surface area (Å²) in [6, 6.07) is 17.4. The van der Waals surface area contributed by atoms with Crippen molar-refractivity contribution >= 4 is 17.2 Å². The number of benzene rings is 1. The van der Waals surface area contributed by atoms with Crippen LogP contribution in [0.1, 0.15) is 64.8 Å². The summed E-state index contributed by atoms with van der Waals surface area (Å²) >= 11 is 0. The molecule has 212 valence electrons. The zero-order chi connectivity index (χ0) is 28.3. The number of hydrogen-bond acceptors (Lipinski definition) is 7. The second-order valence-electron chi connectivity index (χ2n) is 11.2. The number of aryl methyl sites for hydroxylation is 1. The Balaban J connectivity index is 1.06. The third-order valence-electron chi connectivity index (χ3n) is 8.52. The molecule has 0 bridgehead atoms. The Morgan fingerprint density at radius 2 is 1.63 bits per heavy atom. The number of ketones is 1. The smallest absolute Gasteiger partial charge is 0.264 e. The van der Waals surface area contributed by atoms with Crippen molar-refractivity contribution in [2.45, 2.75) is 58.6 Å². The fourth-order valence-electron chi connectivity index (χ4n) is 6.06. The van der Waals surface area contributed by atoms with Crippen LogP contribution in [0.15, 0.2) is 65.6 Å². The quantitative estimate of drug-likeness (QED) is 0.300. The molecular weight excluding hydrogens is 514 g/mol. The van der Waals surface area contributed by atoms with E-state index in [9.17, 15) is 9.59 Å². The summed E-state index contributed by atoms with van der Waals surface area (Å²) in [4.78, 5) is 40.2. The van der Waals surface area contributed by atoms with Gasteiger partial charge in [-0.1, -0.05) is 36.8 Å². The van der Waals surface area contributed by atoms with Crippen molar-refractivity contribution in [1.82, 2.24) is 19.3 Å². The second kappa shape index (κ2) is 11.8. The molecule has 3 aromatic heterocycles. The van der Waals surface area contributed by atoms with Gasteiger partial charge in [-0.15, -0.1) is 0 Å². The molecule has 0 aliphatic carbocycles. The molecule has 8 heteroatoms. The van der Waals surface area contributed by atoms with Crippen LogP contribution in [-0.2, 0) is 6.61 Å². The molecule has 0 N–H and O–H groups in total. The van der Waals surface area contributed by atoms with Gasteiger partial charge in [-0.3, -0.25) is 14.0 Å². The predicted octanol–water partition coefficient (Wildman–Crippen LogP) is 4.97. The van der Waals surface area contributed by atoms with Gasteiger partial charge in [0.15, 0.2) is 5.78 Å². The normalized spacial score (nSPS) is 16.7. The van der Waals surface area contributed by atoms with E-state index in [0.717, 1.165) is 30.2 Å². The Hall–Kier alpha value is -4.04. The van der Waals surface area contributed by atoms with Crippen LogP contribution in [0.2, 0.25) is 0 Å². The maximum absolute atomic E-state index is 13.1. The fraction of sp³-hybridized carbons (Fsp3) is 0.394. The van der Waals surface area contributed by atoms with Gasteiger partial charge >= 0.3 is 0 Å². The number of anilines is 1. The van der Waals surface area contributed by atoms with Crippen LogP contribution in [0.4, 0.5) is 5.82 Å². The molecule has 4 aromatic rings. The molecule has 0 saturated carbocycles. The summed E-state index contributed by atoms with van der Waals surface area (Å²) in [5, 5.41) is 0. The minimum Gasteiger partial charge on any atom is -0.472 e. The zero-order valence-corrected chi connectivity index (χ0v) is 23.9. The fourth-order valence-corrected chi connectivity index (χ4v) is 6.06. The van der Waals surface area contributed by atoms with Crippen LogP contribution in [0, 0.1) is 13.8 Å². The summed E-state index contributed by atoms with van der Waals surface area (Å²) in [5.41, 5.74) is 3.77. The van der Waals surface area contributed by atoms with Crippen molar-refractivity contribution in [2.24, 2.45) is 0 Å². The third-order valence-corrected chi connectivity index (χ3v) is 8.52. The molecule has 5 heterocycles. The summed E-state index contributed by atoms with van der Waals surface area (Å²) in [7, 11) is 0. The van der Waals surface area contributed by atoms with Gasteiger partial charge in [0.05, 0.1) is 5.56 Å². The predicted molar refractivity (Wildman–Crippen MR) is 160 cm³/mol. The number of pyridine rings is 2. The van der Waals surface area contributed by atoms with Crippen molar-refractivity contribution in [1.29, 1.82) is 0 Å². The highest BCUT2D eigenvalue weighted by Gasteiger charge is 2.26. The number of likely N-dealkylation sites (tertiary alicyclic amines) is 1. The highest BCUT2D eigenvalue weighted by atomic mass is 16.5. The third kappa shape index (κ3) is 5.75. The van der Waals surface area contributed by atoms with E-state index in [0.29, 0.717) is 34.3 Å². The van der Waals surface area contributed by atoms with Gasteiger partial charge in [-0.25, -0.2) is 4.98 Å². The molecule has 41 heavy (non-hydrogen) atoms. The average Bonchev–Trinajstić information content (AvgIpc) is 3.02. The number of piperidine rings is 2. The molecular formula is C33H37N5O3. The first-order chi connectivity index (χ1) is 20.0. The van der Waals surface area contributed by atoms with Crippen LogP contribution in [0.5, 0.6) is 5.88 Å². The Morgan fingerprint density at radius 3 is 2.34 bits per heavy atom. The van der Waals surface area contributed by atoms with E-state index in [1.54, 1.807) is 35.7 Å². The van der Waals surface area contributed by atoms with Crippen molar-refractivity contribution < 1.29 is 9.53 Å². The first kappa shape index (κ1) is 27.1. The largest absolute Gasteiger partial charge is 0.472 e. The summed E-state index contributed by atoms with van der Waals surface area (Å²) in [6.07, 6.45) is 8.07. The minimum atomic E-state index is -0.134. The summed E-state index contributed by atoms with van der Waals surface area (Å²) < 4.78 is 7.51. The van der Waals surface area contributed by atoms with E-state index in [1.807, 2.05) is 43.3 Å². The first-order valence-corrected chi connectivity index (χ1v) is 14.7. The van der Waals surface area contributed by atoms with Crippen LogP contribution in [0.3, 0.4) is 0 Å². The van der Waals surface area contributed by atoms with Gasteiger partial charge in [0.25, 0.3) is 5.56 Å². The topological polar surface area (TPSA) is 80.0 Å².